The SMILES string of the molecule is O=S1CCCNC(C2CCCCC2)C1. The quantitative estimate of drug-likeness (QED) is 0.721. The zero-order chi connectivity index (χ0) is 9.80. The lowest BCUT2D eigenvalue weighted by atomic mass is 9.84. The maximum absolute atomic E-state index is 11.6. The van der Waals surface area contributed by atoms with E-state index in [0.29, 0.717) is 6.04 Å². The third-order valence-corrected chi connectivity index (χ3v) is 5.01. The lowest BCUT2D eigenvalue weighted by Gasteiger charge is -2.29. The van der Waals surface area contributed by atoms with Crippen molar-refractivity contribution < 1.29 is 4.21 Å². The standard InChI is InChI=1S/C11H21NOS/c13-14-8-4-7-12-11(9-14)10-5-2-1-3-6-10/h10-12H,1-9H2. The number of hydrogen-bond donors (Lipinski definition) is 1. The minimum Gasteiger partial charge on any atom is -0.313 e. The Kier molecular flexibility index (Phi) is 3.99. The van der Waals surface area contributed by atoms with E-state index in [1.807, 2.05) is 0 Å². The van der Waals surface area contributed by atoms with Gasteiger partial charge in [0.25, 0.3) is 0 Å². The molecule has 1 aliphatic carbocycles. The molecule has 0 bridgehead atoms. The van der Waals surface area contributed by atoms with Crippen LogP contribution in [0.4, 0.5) is 0 Å². The molecule has 1 N–H and O–H groups in total. The molecule has 2 atom stereocenters. The van der Waals surface area contributed by atoms with E-state index in [-0.39, 0.29) is 0 Å². The van der Waals surface area contributed by atoms with E-state index in [0.717, 1.165) is 30.4 Å². The first kappa shape index (κ1) is 10.6. The molecule has 0 aromatic heterocycles. The van der Waals surface area contributed by atoms with Crippen molar-refractivity contribution in [1.82, 2.24) is 5.32 Å². The third kappa shape index (κ3) is 2.80. The van der Waals surface area contributed by atoms with E-state index in [1.54, 1.807) is 0 Å². The van der Waals surface area contributed by atoms with Crippen LogP contribution in [0.2, 0.25) is 0 Å². The summed E-state index contributed by atoms with van der Waals surface area (Å²) in [5.41, 5.74) is 0. The topological polar surface area (TPSA) is 29.1 Å². The molecule has 2 aliphatic rings. The minimum atomic E-state index is -0.552. The third-order valence-electron chi connectivity index (χ3n) is 3.54. The first-order valence-corrected chi connectivity index (χ1v) is 7.43. The highest BCUT2D eigenvalue weighted by atomic mass is 32.2. The van der Waals surface area contributed by atoms with Gasteiger partial charge in [0.05, 0.1) is 0 Å². The molecular weight excluding hydrogens is 194 g/mol. The summed E-state index contributed by atoms with van der Waals surface area (Å²) in [4.78, 5) is 0. The molecule has 1 aliphatic heterocycles. The summed E-state index contributed by atoms with van der Waals surface area (Å²) in [7, 11) is -0.552. The molecule has 82 valence electrons. The molecule has 0 amide bonds. The normalized spacial score (nSPS) is 36.6. The fourth-order valence-electron chi connectivity index (χ4n) is 2.70. The Bertz CT molecular complexity index is 201. The molecule has 2 unspecified atom stereocenters. The Hall–Kier alpha value is 0.110. The minimum absolute atomic E-state index is 0.552. The molecule has 1 saturated carbocycles. The van der Waals surface area contributed by atoms with Crippen molar-refractivity contribution >= 4 is 10.8 Å². The second-order valence-corrected chi connectivity index (χ2v) is 6.24. The molecule has 2 nitrogen and oxygen atoms in total. The molecule has 0 radical (unpaired) electrons. The van der Waals surface area contributed by atoms with Crippen molar-refractivity contribution in [2.24, 2.45) is 5.92 Å². The average Bonchev–Trinajstić information content (AvgIpc) is 2.44. The van der Waals surface area contributed by atoms with Crippen LogP contribution in [-0.4, -0.2) is 28.3 Å². The molecule has 0 aromatic rings. The molecule has 0 aromatic carbocycles. The number of rotatable bonds is 1. The highest BCUT2D eigenvalue weighted by molar-refractivity contribution is 7.85. The predicted octanol–water partition coefficient (Wildman–Crippen LogP) is 1.68. The van der Waals surface area contributed by atoms with Crippen LogP contribution in [0.15, 0.2) is 0 Å². The highest BCUT2D eigenvalue weighted by Crippen LogP contribution is 2.27. The second kappa shape index (κ2) is 5.26. The van der Waals surface area contributed by atoms with Crippen LogP contribution in [0.1, 0.15) is 38.5 Å². The zero-order valence-electron chi connectivity index (χ0n) is 8.84. The van der Waals surface area contributed by atoms with Crippen LogP contribution in [0.5, 0.6) is 0 Å². The van der Waals surface area contributed by atoms with Gasteiger partial charge >= 0.3 is 0 Å². The van der Waals surface area contributed by atoms with Crippen LogP contribution in [-0.2, 0) is 10.8 Å². The largest absolute Gasteiger partial charge is 0.313 e. The van der Waals surface area contributed by atoms with Gasteiger partial charge in [0.15, 0.2) is 0 Å². The van der Waals surface area contributed by atoms with Crippen LogP contribution < -0.4 is 5.32 Å². The van der Waals surface area contributed by atoms with Gasteiger partial charge in [-0.2, -0.15) is 0 Å². The Labute approximate surface area is 89.3 Å². The molecule has 1 saturated heterocycles. The maximum atomic E-state index is 11.6. The van der Waals surface area contributed by atoms with Crippen molar-refractivity contribution in [2.75, 3.05) is 18.1 Å². The number of hydrogen-bond acceptors (Lipinski definition) is 2. The van der Waals surface area contributed by atoms with Crippen molar-refractivity contribution in [3.05, 3.63) is 0 Å². The second-order valence-electron chi connectivity index (χ2n) is 4.62. The highest BCUT2D eigenvalue weighted by Gasteiger charge is 2.26. The van der Waals surface area contributed by atoms with Gasteiger partial charge < -0.3 is 5.32 Å². The molecule has 3 heteroatoms. The molecule has 0 spiro atoms. The van der Waals surface area contributed by atoms with Crippen molar-refractivity contribution in [3.63, 3.8) is 0 Å². The Morgan fingerprint density at radius 2 is 1.86 bits per heavy atom. The van der Waals surface area contributed by atoms with Crippen LogP contribution >= 0.6 is 0 Å². The average molecular weight is 215 g/mol. The summed E-state index contributed by atoms with van der Waals surface area (Å²) in [6.45, 7) is 1.08. The van der Waals surface area contributed by atoms with Gasteiger partial charge in [0, 0.05) is 28.3 Å². The summed E-state index contributed by atoms with van der Waals surface area (Å²) in [5.74, 6) is 2.63. The van der Waals surface area contributed by atoms with Crippen LogP contribution in [0.3, 0.4) is 0 Å². The number of nitrogens with one attached hydrogen (secondary N) is 1. The molecule has 14 heavy (non-hydrogen) atoms. The van der Waals surface area contributed by atoms with Crippen molar-refractivity contribution in [3.8, 4) is 0 Å². The van der Waals surface area contributed by atoms with Gasteiger partial charge in [-0.15, -0.1) is 0 Å². The Balaban J connectivity index is 1.90. The fraction of sp³-hybridized carbons (Fsp3) is 1.00. The predicted molar refractivity (Wildman–Crippen MR) is 60.9 cm³/mol. The molecule has 2 fully saturated rings. The summed E-state index contributed by atoms with van der Waals surface area (Å²) in [5, 5.41) is 3.59. The Morgan fingerprint density at radius 3 is 2.64 bits per heavy atom. The molecule has 2 rings (SSSR count). The van der Waals surface area contributed by atoms with Gasteiger partial charge in [0.1, 0.15) is 0 Å². The fourth-order valence-corrected chi connectivity index (χ4v) is 4.13. The summed E-state index contributed by atoms with van der Waals surface area (Å²) in [6, 6.07) is 0.554. The van der Waals surface area contributed by atoms with Crippen molar-refractivity contribution in [2.45, 2.75) is 44.6 Å². The first-order valence-electron chi connectivity index (χ1n) is 5.94. The van der Waals surface area contributed by atoms with E-state index in [1.165, 1.54) is 32.1 Å². The summed E-state index contributed by atoms with van der Waals surface area (Å²) in [6.07, 6.45) is 7.98. The van der Waals surface area contributed by atoms with E-state index in [4.69, 9.17) is 0 Å². The van der Waals surface area contributed by atoms with E-state index < -0.39 is 10.8 Å². The van der Waals surface area contributed by atoms with Crippen LogP contribution in [0.25, 0.3) is 0 Å². The van der Waals surface area contributed by atoms with Gasteiger partial charge in [-0.1, -0.05) is 19.3 Å². The Morgan fingerprint density at radius 1 is 1.07 bits per heavy atom. The van der Waals surface area contributed by atoms with Gasteiger partial charge in [-0.25, -0.2) is 0 Å². The zero-order valence-corrected chi connectivity index (χ0v) is 9.65. The molecule has 1 heterocycles. The van der Waals surface area contributed by atoms with Gasteiger partial charge in [-0.05, 0) is 31.7 Å². The summed E-state index contributed by atoms with van der Waals surface area (Å²) < 4.78 is 11.6. The smallest absolute Gasteiger partial charge is 0.0391 e. The monoisotopic (exact) mass is 215 g/mol. The molecular formula is C11H21NOS. The van der Waals surface area contributed by atoms with Crippen molar-refractivity contribution in [1.29, 1.82) is 0 Å². The van der Waals surface area contributed by atoms with E-state index in [9.17, 15) is 4.21 Å². The van der Waals surface area contributed by atoms with E-state index in [2.05, 4.69) is 5.32 Å². The lowest BCUT2D eigenvalue weighted by Crippen LogP contribution is -2.40. The van der Waals surface area contributed by atoms with Gasteiger partial charge in [0.2, 0.25) is 0 Å². The first-order chi connectivity index (χ1) is 6.86. The van der Waals surface area contributed by atoms with E-state index >= 15 is 0 Å². The van der Waals surface area contributed by atoms with Crippen LogP contribution in [0, 0.1) is 5.92 Å². The van der Waals surface area contributed by atoms with Gasteiger partial charge in [-0.3, -0.25) is 4.21 Å². The maximum Gasteiger partial charge on any atom is 0.0391 e. The lowest BCUT2D eigenvalue weighted by molar-refractivity contribution is 0.286. The summed E-state index contributed by atoms with van der Waals surface area (Å²) >= 11 is 0.